The van der Waals surface area contributed by atoms with Crippen molar-refractivity contribution in [1.29, 1.82) is 0 Å². The Balaban J connectivity index is 2.60. The van der Waals surface area contributed by atoms with E-state index in [1.54, 1.807) is 32.5 Å². The molecular weight excluding hydrogens is 266 g/mol. The summed E-state index contributed by atoms with van der Waals surface area (Å²) in [7, 11) is 0. The third-order valence-corrected chi connectivity index (χ3v) is 3.37. The Bertz CT molecular complexity index is 375. The van der Waals surface area contributed by atoms with Gasteiger partial charge in [0.1, 0.15) is 11.4 Å². The highest BCUT2D eigenvalue weighted by Crippen LogP contribution is 2.23. The summed E-state index contributed by atoms with van der Waals surface area (Å²) in [4.78, 5) is 36.8. The number of nitrogens with zero attached hydrogens (tertiary/aromatic N) is 1. The van der Waals surface area contributed by atoms with Crippen molar-refractivity contribution in [2.24, 2.45) is 5.92 Å². The van der Waals surface area contributed by atoms with E-state index in [1.807, 2.05) is 6.26 Å². The highest BCUT2D eigenvalue weighted by atomic mass is 32.2. The van der Waals surface area contributed by atoms with E-state index in [0.717, 1.165) is 4.90 Å². The molecule has 1 heterocycles. The fourth-order valence-corrected chi connectivity index (χ4v) is 2.26. The highest BCUT2D eigenvalue weighted by molar-refractivity contribution is 7.98. The molecule has 0 aromatic rings. The summed E-state index contributed by atoms with van der Waals surface area (Å²) in [6.07, 6.45) is 2.04. The maximum atomic E-state index is 12.0. The van der Waals surface area contributed by atoms with Crippen LogP contribution in [0.3, 0.4) is 0 Å². The van der Waals surface area contributed by atoms with Gasteiger partial charge in [-0.15, -0.1) is 0 Å². The van der Waals surface area contributed by atoms with Gasteiger partial charge in [0.2, 0.25) is 5.91 Å². The van der Waals surface area contributed by atoms with Crippen LogP contribution in [0.5, 0.6) is 0 Å². The van der Waals surface area contributed by atoms with Crippen LogP contribution in [0, 0.1) is 5.92 Å². The topological polar surface area (TPSA) is 63.7 Å². The number of rotatable bonds is 4. The van der Waals surface area contributed by atoms with E-state index < -0.39 is 23.5 Å². The molecule has 0 aromatic carbocycles. The molecule has 1 aliphatic rings. The number of carbonyl (C=O) groups is 3. The van der Waals surface area contributed by atoms with Crippen LogP contribution in [0.1, 0.15) is 33.6 Å². The molecule has 5 nitrogen and oxygen atoms in total. The van der Waals surface area contributed by atoms with E-state index in [0.29, 0.717) is 18.6 Å². The quantitative estimate of drug-likeness (QED) is 0.741. The Labute approximate surface area is 118 Å². The standard InChI is InChI=1S/C13H21NO4S/c1-13(2,3)18-12(17)14-7-5-9(11(14)16)10(15)6-8-19-4/h9H,5-8H2,1-4H3. The first-order valence-corrected chi connectivity index (χ1v) is 7.71. The van der Waals surface area contributed by atoms with Gasteiger partial charge in [-0.3, -0.25) is 9.59 Å². The molecule has 0 saturated carbocycles. The van der Waals surface area contributed by atoms with Gasteiger partial charge in [0.05, 0.1) is 5.92 Å². The lowest BCUT2D eigenvalue weighted by atomic mass is 10.0. The largest absolute Gasteiger partial charge is 0.443 e. The van der Waals surface area contributed by atoms with Crippen molar-refractivity contribution in [2.75, 3.05) is 18.6 Å². The summed E-state index contributed by atoms with van der Waals surface area (Å²) in [5.41, 5.74) is -0.641. The fourth-order valence-electron chi connectivity index (χ4n) is 1.85. The second-order valence-corrected chi connectivity index (χ2v) is 6.51. The molecule has 1 unspecified atom stereocenters. The Morgan fingerprint density at radius 1 is 1.42 bits per heavy atom. The molecule has 108 valence electrons. The number of likely N-dealkylation sites (tertiary alicyclic amines) is 1. The first-order chi connectivity index (χ1) is 8.76. The lowest BCUT2D eigenvalue weighted by Gasteiger charge is -2.23. The molecular formula is C13H21NO4S. The van der Waals surface area contributed by atoms with Gasteiger partial charge in [0, 0.05) is 13.0 Å². The summed E-state index contributed by atoms with van der Waals surface area (Å²) >= 11 is 1.57. The molecule has 1 aliphatic heterocycles. The number of ketones is 1. The highest BCUT2D eigenvalue weighted by Gasteiger charge is 2.40. The monoisotopic (exact) mass is 287 g/mol. The predicted molar refractivity (Wildman–Crippen MR) is 74.1 cm³/mol. The number of amides is 2. The van der Waals surface area contributed by atoms with Gasteiger partial charge in [0.15, 0.2) is 0 Å². The van der Waals surface area contributed by atoms with E-state index in [-0.39, 0.29) is 12.3 Å². The minimum atomic E-state index is -0.667. The maximum absolute atomic E-state index is 12.0. The SMILES string of the molecule is CSCCC(=O)C1CCN(C(=O)OC(C)(C)C)C1=O. The van der Waals surface area contributed by atoms with E-state index in [2.05, 4.69) is 0 Å². The van der Waals surface area contributed by atoms with Crippen molar-refractivity contribution in [1.82, 2.24) is 4.90 Å². The molecule has 0 aliphatic carbocycles. The van der Waals surface area contributed by atoms with Crippen molar-refractivity contribution >= 4 is 29.5 Å². The molecule has 1 saturated heterocycles. The van der Waals surface area contributed by atoms with E-state index in [4.69, 9.17) is 4.74 Å². The van der Waals surface area contributed by atoms with Gasteiger partial charge in [-0.25, -0.2) is 9.69 Å². The zero-order valence-corrected chi connectivity index (χ0v) is 12.7. The number of ether oxygens (including phenoxy) is 1. The van der Waals surface area contributed by atoms with Crippen LogP contribution in [0.2, 0.25) is 0 Å². The summed E-state index contributed by atoms with van der Waals surface area (Å²) in [5.74, 6) is -0.458. The molecule has 0 N–H and O–H groups in total. The summed E-state index contributed by atoms with van der Waals surface area (Å²) < 4.78 is 5.15. The first kappa shape index (κ1) is 16.0. The number of hydrogen-bond donors (Lipinski definition) is 0. The Hall–Kier alpha value is -1.04. The zero-order chi connectivity index (χ0) is 14.6. The van der Waals surface area contributed by atoms with Crippen LogP contribution in [0.25, 0.3) is 0 Å². The average molecular weight is 287 g/mol. The third kappa shape index (κ3) is 4.53. The van der Waals surface area contributed by atoms with Crippen LogP contribution in [0.15, 0.2) is 0 Å². The molecule has 19 heavy (non-hydrogen) atoms. The second kappa shape index (κ2) is 6.41. The normalized spacial score (nSPS) is 19.7. The molecule has 1 rings (SSSR count). The Morgan fingerprint density at radius 2 is 2.05 bits per heavy atom. The van der Waals surface area contributed by atoms with Gasteiger partial charge in [-0.05, 0) is 39.2 Å². The molecule has 2 amide bonds. The smallest absolute Gasteiger partial charge is 0.417 e. The lowest BCUT2D eigenvalue weighted by molar-refractivity contribution is -0.136. The first-order valence-electron chi connectivity index (χ1n) is 6.32. The van der Waals surface area contributed by atoms with E-state index in [9.17, 15) is 14.4 Å². The molecule has 0 bridgehead atoms. The molecule has 1 fully saturated rings. The van der Waals surface area contributed by atoms with Crippen LogP contribution in [-0.4, -0.2) is 46.8 Å². The molecule has 0 spiro atoms. The van der Waals surface area contributed by atoms with Gasteiger partial charge in [0.25, 0.3) is 0 Å². The van der Waals surface area contributed by atoms with Gasteiger partial charge in [-0.1, -0.05) is 0 Å². The Morgan fingerprint density at radius 3 is 2.58 bits per heavy atom. The molecule has 0 aromatic heterocycles. The second-order valence-electron chi connectivity index (χ2n) is 5.52. The molecule has 0 radical (unpaired) electrons. The number of Topliss-reactive ketones (excluding diaryl/α,β-unsaturated/α-hetero) is 1. The lowest BCUT2D eigenvalue weighted by Crippen LogP contribution is -2.39. The number of hydrogen-bond acceptors (Lipinski definition) is 5. The van der Waals surface area contributed by atoms with Crippen molar-refractivity contribution < 1.29 is 19.1 Å². The van der Waals surface area contributed by atoms with Crippen molar-refractivity contribution in [3.8, 4) is 0 Å². The van der Waals surface area contributed by atoms with E-state index >= 15 is 0 Å². The molecule has 6 heteroatoms. The van der Waals surface area contributed by atoms with Crippen LogP contribution in [-0.2, 0) is 14.3 Å². The zero-order valence-electron chi connectivity index (χ0n) is 11.9. The Kier molecular flexibility index (Phi) is 5.40. The molecule has 1 atom stereocenters. The van der Waals surface area contributed by atoms with Crippen molar-refractivity contribution in [2.45, 2.75) is 39.2 Å². The predicted octanol–water partition coefficient (Wildman–Crippen LogP) is 2.09. The number of carbonyl (C=O) groups excluding carboxylic acids is 3. The van der Waals surface area contributed by atoms with Crippen LogP contribution in [0.4, 0.5) is 4.79 Å². The number of thioether (sulfide) groups is 1. The summed E-state index contributed by atoms with van der Waals surface area (Å²) in [6, 6.07) is 0. The summed E-state index contributed by atoms with van der Waals surface area (Å²) in [6.45, 7) is 5.50. The van der Waals surface area contributed by atoms with E-state index in [1.165, 1.54) is 0 Å². The van der Waals surface area contributed by atoms with Crippen molar-refractivity contribution in [3.63, 3.8) is 0 Å². The minimum Gasteiger partial charge on any atom is -0.443 e. The van der Waals surface area contributed by atoms with Crippen molar-refractivity contribution in [3.05, 3.63) is 0 Å². The average Bonchev–Trinajstić information content (AvgIpc) is 2.65. The number of imide groups is 1. The third-order valence-electron chi connectivity index (χ3n) is 2.76. The van der Waals surface area contributed by atoms with Gasteiger partial charge >= 0.3 is 6.09 Å². The minimum absolute atomic E-state index is 0.0783. The fraction of sp³-hybridized carbons (Fsp3) is 0.769. The summed E-state index contributed by atoms with van der Waals surface area (Å²) in [5, 5.41) is 0. The maximum Gasteiger partial charge on any atom is 0.417 e. The van der Waals surface area contributed by atoms with Gasteiger partial charge < -0.3 is 4.74 Å². The van der Waals surface area contributed by atoms with Crippen LogP contribution < -0.4 is 0 Å². The van der Waals surface area contributed by atoms with Crippen LogP contribution >= 0.6 is 11.8 Å². The van der Waals surface area contributed by atoms with Gasteiger partial charge in [-0.2, -0.15) is 11.8 Å².